The maximum Gasteiger partial charge on any atom is 0.319 e. The van der Waals surface area contributed by atoms with Gasteiger partial charge in [0.05, 0.1) is 16.2 Å². The number of furan rings is 1. The Morgan fingerprint density at radius 1 is 1.13 bits per heavy atom. The minimum Gasteiger partial charge on any atom is -0.450 e. The number of carbonyl (C=O) groups is 3. The lowest BCUT2D eigenvalue weighted by Crippen LogP contribution is -2.52. The van der Waals surface area contributed by atoms with Crippen molar-refractivity contribution in [3.8, 4) is 0 Å². The van der Waals surface area contributed by atoms with E-state index >= 15 is 0 Å². The zero-order chi connectivity index (χ0) is 20.9. The lowest BCUT2D eigenvalue weighted by atomic mass is 9.74. The second-order valence-electron chi connectivity index (χ2n) is 8.29. The molecular weight excluding hydrogens is 408 g/mol. The number of urea groups is 1. The maximum absolute atomic E-state index is 13.0. The zero-order valence-corrected chi connectivity index (χ0v) is 17.3. The summed E-state index contributed by atoms with van der Waals surface area (Å²) in [6.45, 7) is 1.95. The van der Waals surface area contributed by atoms with Gasteiger partial charge in [-0.25, -0.2) is 4.79 Å². The van der Waals surface area contributed by atoms with E-state index in [0.29, 0.717) is 42.5 Å². The van der Waals surface area contributed by atoms with Gasteiger partial charge in [-0.3, -0.25) is 9.59 Å². The fraction of sp³-hybridized carbons (Fsp3) is 0.476. The van der Waals surface area contributed by atoms with E-state index in [1.54, 1.807) is 21.9 Å². The van der Waals surface area contributed by atoms with Crippen molar-refractivity contribution in [3.05, 3.63) is 28.5 Å². The van der Waals surface area contributed by atoms with Crippen LogP contribution in [0.25, 0.3) is 11.0 Å². The first kappa shape index (κ1) is 19.2. The van der Waals surface area contributed by atoms with E-state index in [4.69, 9.17) is 16.0 Å². The first-order chi connectivity index (χ1) is 14.5. The smallest absolute Gasteiger partial charge is 0.319 e. The van der Waals surface area contributed by atoms with Crippen molar-refractivity contribution in [1.29, 1.82) is 0 Å². The molecule has 2 aromatic rings. The molecule has 0 radical (unpaired) electrons. The van der Waals surface area contributed by atoms with E-state index < -0.39 is 5.54 Å². The first-order valence-electron chi connectivity index (χ1n) is 10.3. The Balaban J connectivity index is 1.57. The Bertz CT molecular complexity index is 1040. The molecule has 1 aliphatic carbocycles. The molecule has 1 saturated heterocycles. The highest BCUT2D eigenvalue weighted by atomic mass is 35.5. The summed E-state index contributed by atoms with van der Waals surface area (Å²) >= 11 is 6.54. The summed E-state index contributed by atoms with van der Waals surface area (Å²) in [5.41, 5.74) is 1.47. The van der Waals surface area contributed by atoms with Gasteiger partial charge in [0.15, 0.2) is 5.76 Å². The number of nitrogens with zero attached hydrogens (tertiary/aromatic N) is 2. The molecule has 1 spiro atoms. The van der Waals surface area contributed by atoms with Crippen LogP contribution in [-0.4, -0.2) is 54.3 Å². The third-order valence-electron chi connectivity index (χ3n) is 6.50. The van der Waals surface area contributed by atoms with Gasteiger partial charge in [0.25, 0.3) is 5.91 Å². The van der Waals surface area contributed by atoms with Crippen molar-refractivity contribution in [3.63, 3.8) is 0 Å². The topological polar surface area (TPSA) is 94.9 Å². The van der Waals surface area contributed by atoms with Crippen molar-refractivity contribution in [2.45, 2.75) is 37.6 Å². The summed E-state index contributed by atoms with van der Waals surface area (Å²) in [4.78, 5) is 39.7. The highest BCUT2D eigenvalue weighted by Crippen LogP contribution is 2.49. The summed E-state index contributed by atoms with van der Waals surface area (Å²) in [6, 6.07) is 3.20. The fourth-order valence-electron chi connectivity index (χ4n) is 4.97. The molecule has 30 heavy (non-hydrogen) atoms. The number of hydrogen-bond acceptors (Lipinski definition) is 4. The molecule has 1 aromatic heterocycles. The summed E-state index contributed by atoms with van der Waals surface area (Å²) in [7, 11) is 0. The van der Waals surface area contributed by atoms with Crippen LogP contribution in [0.2, 0.25) is 5.02 Å². The molecule has 3 aliphatic rings. The summed E-state index contributed by atoms with van der Waals surface area (Å²) < 4.78 is 6.13. The van der Waals surface area contributed by atoms with Crippen molar-refractivity contribution < 1.29 is 18.8 Å². The van der Waals surface area contributed by atoms with Crippen LogP contribution in [-0.2, 0) is 10.3 Å². The number of fused-ring (bicyclic) bond motifs is 4. The predicted octanol–water partition coefficient (Wildman–Crippen LogP) is 3.29. The van der Waals surface area contributed by atoms with Gasteiger partial charge >= 0.3 is 6.03 Å². The fourth-order valence-corrected chi connectivity index (χ4v) is 5.23. The number of carbonyl (C=O) groups excluding carboxylic acids is 3. The lowest BCUT2D eigenvalue weighted by Gasteiger charge is -2.42. The quantitative estimate of drug-likeness (QED) is 0.714. The van der Waals surface area contributed by atoms with Crippen LogP contribution in [0.5, 0.6) is 0 Å². The van der Waals surface area contributed by atoms with Crippen LogP contribution in [0, 0.1) is 0 Å². The lowest BCUT2D eigenvalue weighted by molar-refractivity contribution is -0.119. The number of amides is 4. The van der Waals surface area contributed by atoms with Crippen molar-refractivity contribution >= 4 is 46.6 Å². The molecule has 8 nitrogen and oxygen atoms in total. The Morgan fingerprint density at radius 3 is 2.57 bits per heavy atom. The number of piperazine rings is 1. The summed E-state index contributed by atoms with van der Waals surface area (Å²) in [6.07, 6.45) is 5.55. The largest absolute Gasteiger partial charge is 0.450 e. The van der Waals surface area contributed by atoms with Gasteiger partial charge < -0.3 is 24.9 Å². The molecule has 0 bridgehead atoms. The Kier molecular flexibility index (Phi) is 4.61. The van der Waals surface area contributed by atoms with Crippen LogP contribution in [0.1, 0.15) is 48.2 Å². The van der Waals surface area contributed by atoms with Gasteiger partial charge in [-0.2, -0.15) is 0 Å². The van der Waals surface area contributed by atoms with E-state index in [2.05, 4.69) is 10.6 Å². The summed E-state index contributed by atoms with van der Waals surface area (Å²) in [5, 5.41) is 7.14. The maximum atomic E-state index is 13.0. The standard InChI is InChI=1S/C21H23ClN4O4/c22-14-10-13-11-15(19(28)26-8-6-25(12-27)7-9-26)30-18(13)16-17(14)23-20(29)24-21(16)4-2-1-3-5-21/h10-12H,1-9H2,(H2,23,24,29). The minimum atomic E-state index is -0.535. The Hall–Kier alpha value is -2.74. The van der Waals surface area contributed by atoms with Crippen LogP contribution >= 0.6 is 11.6 Å². The third-order valence-corrected chi connectivity index (χ3v) is 6.80. The Labute approximate surface area is 178 Å². The van der Waals surface area contributed by atoms with Crippen molar-refractivity contribution in [1.82, 2.24) is 15.1 Å². The van der Waals surface area contributed by atoms with Gasteiger partial charge in [-0.05, 0) is 25.0 Å². The molecule has 2 fully saturated rings. The van der Waals surface area contributed by atoms with E-state index in [0.717, 1.165) is 49.5 Å². The van der Waals surface area contributed by atoms with E-state index in [1.807, 2.05) is 0 Å². The molecule has 2 aliphatic heterocycles. The Morgan fingerprint density at radius 2 is 1.87 bits per heavy atom. The minimum absolute atomic E-state index is 0.202. The molecular formula is C21H23ClN4O4. The molecule has 158 valence electrons. The van der Waals surface area contributed by atoms with Gasteiger partial charge in [-0.15, -0.1) is 0 Å². The first-order valence-corrected chi connectivity index (χ1v) is 10.7. The second-order valence-corrected chi connectivity index (χ2v) is 8.70. The number of hydrogen-bond donors (Lipinski definition) is 2. The number of rotatable bonds is 2. The van der Waals surface area contributed by atoms with Crippen molar-refractivity contribution in [2.75, 3.05) is 31.5 Å². The molecule has 9 heteroatoms. The van der Waals surface area contributed by atoms with Gasteiger partial charge in [0.1, 0.15) is 5.58 Å². The average Bonchev–Trinajstić information content (AvgIpc) is 3.17. The van der Waals surface area contributed by atoms with Crippen LogP contribution in [0.15, 0.2) is 16.5 Å². The van der Waals surface area contributed by atoms with Crippen LogP contribution < -0.4 is 10.6 Å². The van der Waals surface area contributed by atoms with Crippen molar-refractivity contribution in [2.24, 2.45) is 0 Å². The molecule has 2 N–H and O–H groups in total. The highest BCUT2D eigenvalue weighted by molar-refractivity contribution is 6.35. The number of anilines is 1. The molecule has 1 saturated carbocycles. The molecule has 5 rings (SSSR count). The highest BCUT2D eigenvalue weighted by Gasteiger charge is 2.44. The molecule has 0 unspecified atom stereocenters. The van der Waals surface area contributed by atoms with E-state index in [1.165, 1.54) is 0 Å². The van der Waals surface area contributed by atoms with Gasteiger partial charge in [0.2, 0.25) is 6.41 Å². The molecule has 1 aromatic carbocycles. The molecule has 4 amide bonds. The third kappa shape index (κ3) is 3.01. The molecule has 0 atom stereocenters. The van der Waals surface area contributed by atoms with Crippen LogP contribution in [0.4, 0.5) is 10.5 Å². The molecule has 3 heterocycles. The summed E-state index contributed by atoms with van der Waals surface area (Å²) in [5.74, 6) is 0.0454. The second kappa shape index (κ2) is 7.19. The normalized spacial score (nSPS) is 20.6. The van der Waals surface area contributed by atoms with E-state index in [9.17, 15) is 14.4 Å². The predicted molar refractivity (Wildman–Crippen MR) is 112 cm³/mol. The average molecular weight is 431 g/mol. The van der Waals surface area contributed by atoms with E-state index in [-0.39, 0.29) is 17.7 Å². The van der Waals surface area contributed by atoms with Gasteiger partial charge in [0, 0.05) is 37.1 Å². The number of halogens is 1. The number of benzene rings is 1. The van der Waals surface area contributed by atoms with Crippen LogP contribution in [0.3, 0.4) is 0 Å². The number of nitrogens with one attached hydrogen (secondary N) is 2. The SMILES string of the molecule is O=CN1CCN(C(=O)c2cc3cc(Cl)c4c(c3o2)C2(CCCCC2)NC(=O)N4)CC1. The van der Waals surface area contributed by atoms with Gasteiger partial charge in [-0.1, -0.05) is 30.9 Å². The monoisotopic (exact) mass is 430 g/mol. The zero-order valence-electron chi connectivity index (χ0n) is 16.5.